The van der Waals surface area contributed by atoms with Crippen LogP contribution in [0.3, 0.4) is 0 Å². The molecule has 1 amide bonds. The van der Waals surface area contributed by atoms with Crippen LogP contribution in [-0.4, -0.2) is 28.4 Å². The Balaban J connectivity index is 2.54. The molecule has 3 N–H and O–H groups in total. The number of rotatable bonds is 4. The van der Waals surface area contributed by atoms with Gasteiger partial charge in [0.1, 0.15) is 5.54 Å². The normalized spacial score (nSPS) is 21.1. The number of amidine groups is 1. The van der Waals surface area contributed by atoms with E-state index in [-0.39, 0.29) is 5.91 Å². The molecule has 1 rings (SSSR count). The maximum absolute atomic E-state index is 11.2. The molecule has 0 saturated heterocycles. The van der Waals surface area contributed by atoms with Crippen molar-refractivity contribution in [3.63, 3.8) is 0 Å². The predicted molar refractivity (Wildman–Crippen MR) is 69.5 cm³/mol. The fourth-order valence-electron chi connectivity index (χ4n) is 1.48. The first-order valence-electron chi connectivity index (χ1n) is 5.60. The second-order valence-corrected chi connectivity index (χ2v) is 6.15. The van der Waals surface area contributed by atoms with Gasteiger partial charge in [-0.05, 0) is 26.2 Å². The van der Waals surface area contributed by atoms with E-state index in [0.717, 1.165) is 17.3 Å². The molecule has 92 valence electrons. The van der Waals surface area contributed by atoms with Crippen LogP contribution in [-0.2, 0) is 4.79 Å². The van der Waals surface area contributed by atoms with Gasteiger partial charge in [0.15, 0.2) is 5.17 Å². The number of carbonyl (C=O) groups excluding carboxylic acids is 1. The van der Waals surface area contributed by atoms with E-state index in [4.69, 9.17) is 5.73 Å². The number of nitrogens with one attached hydrogen (secondary N) is 1. The Morgan fingerprint density at radius 2 is 2.31 bits per heavy atom. The molecule has 1 unspecified atom stereocenters. The van der Waals surface area contributed by atoms with Crippen LogP contribution in [0.4, 0.5) is 0 Å². The molecule has 16 heavy (non-hydrogen) atoms. The highest BCUT2D eigenvalue weighted by Gasteiger charge is 2.29. The first-order chi connectivity index (χ1) is 7.31. The van der Waals surface area contributed by atoms with Crippen LogP contribution >= 0.6 is 11.8 Å². The van der Waals surface area contributed by atoms with E-state index in [0.29, 0.717) is 12.0 Å². The molecule has 4 nitrogen and oxygen atoms in total. The van der Waals surface area contributed by atoms with Crippen molar-refractivity contribution in [3.8, 4) is 0 Å². The lowest BCUT2D eigenvalue weighted by atomic mass is 10.1. The number of hydrogen-bond donors (Lipinski definition) is 2. The average Bonchev–Trinajstić information content (AvgIpc) is 2.50. The molecule has 0 aliphatic carbocycles. The Morgan fingerprint density at radius 1 is 1.69 bits per heavy atom. The molecule has 1 aliphatic rings. The van der Waals surface area contributed by atoms with Gasteiger partial charge in [0.25, 0.3) is 0 Å². The van der Waals surface area contributed by atoms with E-state index in [9.17, 15) is 4.79 Å². The van der Waals surface area contributed by atoms with E-state index in [2.05, 4.69) is 24.2 Å². The van der Waals surface area contributed by atoms with E-state index in [1.165, 1.54) is 0 Å². The van der Waals surface area contributed by atoms with E-state index < -0.39 is 5.54 Å². The molecule has 0 fully saturated rings. The zero-order valence-corrected chi connectivity index (χ0v) is 11.2. The number of carbonyl (C=O) groups is 1. The highest BCUT2D eigenvalue weighted by molar-refractivity contribution is 8.14. The van der Waals surface area contributed by atoms with E-state index in [1.54, 1.807) is 25.6 Å². The minimum atomic E-state index is -0.724. The molecule has 1 atom stereocenters. The van der Waals surface area contributed by atoms with Crippen LogP contribution in [0.5, 0.6) is 0 Å². The molecule has 0 bridgehead atoms. The van der Waals surface area contributed by atoms with Crippen molar-refractivity contribution in [1.82, 2.24) is 5.32 Å². The Labute approximate surface area is 101 Å². The summed E-state index contributed by atoms with van der Waals surface area (Å²) < 4.78 is 0. The summed E-state index contributed by atoms with van der Waals surface area (Å²) in [6.45, 7) is 7.93. The highest BCUT2D eigenvalue weighted by atomic mass is 32.2. The Bertz CT molecular complexity index is 300. The van der Waals surface area contributed by atoms with Crippen molar-refractivity contribution in [1.29, 1.82) is 0 Å². The average molecular weight is 243 g/mol. The summed E-state index contributed by atoms with van der Waals surface area (Å²) in [4.78, 5) is 15.7. The van der Waals surface area contributed by atoms with Crippen molar-refractivity contribution in [2.45, 2.75) is 45.7 Å². The van der Waals surface area contributed by atoms with Crippen LogP contribution in [0.15, 0.2) is 4.99 Å². The monoisotopic (exact) mass is 243 g/mol. The number of thioether (sulfide) groups is 1. The molecular weight excluding hydrogens is 222 g/mol. The minimum absolute atomic E-state index is 0.358. The van der Waals surface area contributed by atoms with Crippen LogP contribution < -0.4 is 11.1 Å². The molecule has 1 heterocycles. The van der Waals surface area contributed by atoms with Crippen LogP contribution in [0.1, 0.15) is 34.1 Å². The number of nitrogens with two attached hydrogens (primary N) is 1. The summed E-state index contributed by atoms with van der Waals surface area (Å²) in [5.41, 5.74) is 4.57. The highest BCUT2D eigenvalue weighted by Crippen LogP contribution is 2.23. The predicted octanol–water partition coefficient (Wildman–Crippen LogP) is 1.36. The first kappa shape index (κ1) is 13.4. The van der Waals surface area contributed by atoms with Crippen LogP contribution in [0, 0.1) is 5.92 Å². The standard InChI is InChI=1S/C11H21N3OS/c1-7(2)5-8-6-16-10(13-8)14-11(3,4)9(12)15/h7-8H,5-6H2,1-4H3,(H2,12,15)(H,13,14). The van der Waals surface area contributed by atoms with Gasteiger partial charge in [-0.3, -0.25) is 9.79 Å². The maximum atomic E-state index is 11.2. The second-order valence-electron chi connectivity index (χ2n) is 5.14. The van der Waals surface area contributed by atoms with Crippen LogP contribution in [0.25, 0.3) is 0 Å². The van der Waals surface area contributed by atoms with Crippen molar-refractivity contribution in [3.05, 3.63) is 0 Å². The summed E-state index contributed by atoms with van der Waals surface area (Å²) in [6.07, 6.45) is 1.09. The Kier molecular flexibility index (Phi) is 4.24. The van der Waals surface area contributed by atoms with Gasteiger partial charge in [0, 0.05) is 5.75 Å². The fourth-order valence-corrected chi connectivity index (χ4v) is 2.59. The Morgan fingerprint density at radius 3 is 2.81 bits per heavy atom. The van der Waals surface area contributed by atoms with Gasteiger partial charge < -0.3 is 11.1 Å². The summed E-state index contributed by atoms with van der Waals surface area (Å²) in [5, 5.41) is 3.94. The first-order valence-corrected chi connectivity index (χ1v) is 6.58. The van der Waals surface area contributed by atoms with Crippen LogP contribution in [0.2, 0.25) is 0 Å². The molecule has 0 saturated carbocycles. The number of amides is 1. The van der Waals surface area contributed by atoms with Gasteiger partial charge in [0.2, 0.25) is 5.91 Å². The molecule has 0 aromatic rings. The second kappa shape index (κ2) is 5.08. The Hall–Kier alpha value is -0.710. The minimum Gasteiger partial charge on any atom is -0.368 e. The van der Waals surface area contributed by atoms with Crippen molar-refractivity contribution in [2.24, 2.45) is 16.6 Å². The molecule has 0 spiro atoms. The van der Waals surface area contributed by atoms with Crippen molar-refractivity contribution in [2.75, 3.05) is 5.75 Å². The summed E-state index contributed by atoms with van der Waals surface area (Å²) in [7, 11) is 0. The van der Waals surface area contributed by atoms with Gasteiger partial charge >= 0.3 is 0 Å². The lowest BCUT2D eigenvalue weighted by Crippen LogP contribution is -2.52. The van der Waals surface area contributed by atoms with E-state index >= 15 is 0 Å². The van der Waals surface area contributed by atoms with Gasteiger partial charge in [-0.25, -0.2) is 0 Å². The van der Waals surface area contributed by atoms with Crippen molar-refractivity contribution >= 4 is 22.8 Å². The molecule has 0 aromatic heterocycles. The van der Waals surface area contributed by atoms with Gasteiger partial charge in [-0.15, -0.1) is 0 Å². The van der Waals surface area contributed by atoms with E-state index in [1.807, 2.05) is 0 Å². The zero-order valence-electron chi connectivity index (χ0n) is 10.4. The summed E-state index contributed by atoms with van der Waals surface area (Å²) >= 11 is 1.67. The molecule has 1 aliphatic heterocycles. The smallest absolute Gasteiger partial charge is 0.242 e. The number of aliphatic imine (C=N–C) groups is 1. The SMILES string of the molecule is CC(C)CC1CSC(NC(C)(C)C(N)=O)=N1. The van der Waals surface area contributed by atoms with Gasteiger partial charge in [0.05, 0.1) is 6.04 Å². The summed E-state index contributed by atoms with van der Waals surface area (Å²) in [6, 6.07) is 0.371. The third-order valence-electron chi connectivity index (χ3n) is 2.49. The lowest BCUT2D eigenvalue weighted by Gasteiger charge is -2.22. The largest absolute Gasteiger partial charge is 0.368 e. The maximum Gasteiger partial charge on any atom is 0.242 e. The molecule has 0 aromatic carbocycles. The van der Waals surface area contributed by atoms with Gasteiger partial charge in [-0.1, -0.05) is 25.6 Å². The van der Waals surface area contributed by atoms with Gasteiger partial charge in [-0.2, -0.15) is 0 Å². The molecule has 5 heteroatoms. The topological polar surface area (TPSA) is 67.5 Å². The number of nitrogens with zero attached hydrogens (tertiary/aromatic N) is 1. The third kappa shape index (κ3) is 3.70. The lowest BCUT2D eigenvalue weighted by molar-refractivity contribution is -0.122. The fraction of sp³-hybridized carbons (Fsp3) is 0.818. The summed E-state index contributed by atoms with van der Waals surface area (Å²) in [5.74, 6) is 1.29. The quantitative estimate of drug-likeness (QED) is 0.783. The zero-order chi connectivity index (χ0) is 12.3. The van der Waals surface area contributed by atoms with Crippen molar-refractivity contribution < 1.29 is 4.79 Å². The number of hydrogen-bond acceptors (Lipinski definition) is 4. The molecular formula is C11H21N3OS. The molecule has 0 radical (unpaired) electrons. The third-order valence-corrected chi connectivity index (χ3v) is 3.52. The number of primary amides is 1.